The van der Waals surface area contributed by atoms with E-state index in [1.54, 1.807) is 23.6 Å². The summed E-state index contributed by atoms with van der Waals surface area (Å²) < 4.78 is 1.41. The molecule has 2 rings (SSSR count). The van der Waals surface area contributed by atoms with Crippen LogP contribution >= 0.6 is 34.5 Å². The fourth-order valence-corrected chi connectivity index (χ4v) is 2.95. The van der Waals surface area contributed by atoms with Gasteiger partial charge in [-0.25, -0.2) is 0 Å². The van der Waals surface area contributed by atoms with Gasteiger partial charge in [-0.2, -0.15) is 0 Å². The number of aromatic nitrogens is 1. The minimum atomic E-state index is -0.953. The Labute approximate surface area is 122 Å². The minimum Gasteiger partial charge on any atom is -0.481 e. The van der Waals surface area contributed by atoms with Crippen LogP contribution in [0, 0.1) is 0 Å². The molecule has 0 aliphatic carbocycles. The van der Waals surface area contributed by atoms with Gasteiger partial charge in [-0.3, -0.25) is 14.2 Å². The Bertz CT molecular complexity index is 678. The standard InChI is InChI=1S/C12H9Cl2NO3S/c13-7-1-2-8(9(14)5-7)10-6-19-12(18)15(10)4-3-11(16)17/h1-2,5-6H,3-4H2,(H,16,17). The van der Waals surface area contributed by atoms with Crippen molar-refractivity contribution in [2.24, 2.45) is 0 Å². The average Bonchev–Trinajstić information content (AvgIpc) is 2.68. The van der Waals surface area contributed by atoms with Crippen molar-refractivity contribution in [2.75, 3.05) is 0 Å². The lowest BCUT2D eigenvalue weighted by molar-refractivity contribution is -0.137. The maximum Gasteiger partial charge on any atom is 0.307 e. The van der Waals surface area contributed by atoms with E-state index < -0.39 is 5.97 Å². The fraction of sp³-hybridized carbons (Fsp3) is 0.167. The molecule has 0 radical (unpaired) electrons. The molecule has 0 bridgehead atoms. The molecule has 1 aromatic heterocycles. The van der Waals surface area contributed by atoms with Gasteiger partial charge in [-0.15, -0.1) is 0 Å². The van der Waals surface area contributed by atoms with Crippen LogP contribution in [0.25, 0.3) is 11.3 Å². The number of nitrogens with zero attached hydrogens (tertiary/aromatic N) is 1. The highest BCUT2D eigenvalue weighted by Gasteiger charge is 2.13. The van der Waals surface area contributed by atoms with E-state index in [0.29, 0.717) is 21.3 Å². The number of carboxylic acids is 1. The Balaban J connectivity index is 2.45. The number of benzene rings is 1. The predicted octanol–water partition coefficient (Wildman–Crippen LogP) is 3.36. The number of rotatable bonds is 4. The summed E-state index contributed by atoms with van der Waals surface area (Å²) >= 11 is 12.9. The van der Waals surface area contributed by atoms with Gasteiger partial charge < -0.3 is 5.11 Å². The summed E-state index contributed by atoms with van der Waals surface area (Å²) in [6.07, 6.45) is -0.116. The molecule has 0 aliphatic rings. The van der Waals surface area contributed by atoms with Gasteiger partial charge >= 0.3 is 10.8 Å². The van der Waals surface area contributed by atoms with Gasteiger partial charge in [-0.05, 0) is 18.2 Å². The quantitative estimate of drug-likeness (QED) is 0.940. The first-order chi connectivity index (χ1) is 8.99. The van der Waals surface area contributed by atoms with E-state index in [-0.39, 0.29) is 17.8 Å². The first-order valence-corrected chi connectivity index (χ1v) is 6.98. The third-order valence-electron chi connectivity index (χ3n) is 2.54. The second kappa shape index (κ2) is 5.77. The van der Waals surface area contributed by atoms with Crippen molar-refractivity contribution < 1.29 is 9.90 Å². The molecule has 0 spiro atoms. The molecule has 0 aliphatic heterocycles. The highest BCUT2D eigenvalue weighted by Crippen LogP contribution is 2.30. The van der Waals surface area contributed by atoms with Crippen molar-refractivity contribution in [1.29, 1.82) is 0 Å². The summed E-state index contributed by atoms with van der Waals surface area (Å²) in [4.78, 5) is 22.1. The van der Waals surface area contributed by atoms with Gasteiger partial charge in [0.1, 0.15) is 0 Å². The third kappa shape index (κ3) is 3.18. The SMILES string of the molecule is O=C(O)CCn1c(-c2ccc(Cl)cc2Cl)csc1=O. The number of halogens is 2. The molecule has 2 aromatic rings. The summed E-state index contributed by atoms with van der Waals surface area (Å²) in [5.41, 5.74) is 1.27. The zero-order valence-electron chi connectivity index (χ0n) is 9.60. The fourth-order valence-electron chi connectivity index (χ4n) is 1.66. The van der Waals surface area contributed by atoms with E-state index in [2.05, 4.69) is 0 Å². The molecule has 4 nitrogen and oxygen atoms in total. The number of hydrogen-bond acceptors (Lipinski definition) is 3. The van der Waals surface area contributed by atoms with Crippen LogP contribution in [-0.4, -0.2) is 15.6 Å². The highest BCUT2D eigenvalue weighted by atomic mass is 35.5. The van der Waals surface area contributed by atoms with Crippen molar-refractivity contribution in [3.8, 4) is 11.3 Å². The summed E-state index contributed by atoms with van der Waals surface area (Å²) in [5.74, 6) is -0.953. The maximum atomic E-state index is 11.7. The van der Waals surface area contributed by atoms with Crippen LogP contribution in [0.2, 0.25) is 10.0 Å². The molecular weight excluding hydrogens is 309 g/mol. The second-order valence-corrected chi connectivity index (χ2v) is 5.47. The summed E-state index contributed by atoms with van der Waals surface area (Å²) in [7, 11) is 0. The lowest BCUT2D eigenvalue weighted by Gasteiger charge is -2.08. The van der Waals surface area contributed by atoms with Gasteiger partial charge in [0.25, 0.3) is 0 Å². The van der Waals surface area contributed by atoms with Crippen LogP contribution in [0.15, 0.2) is 28.4 Å². The topological polar surface area (TPSA) is 59.3 Å². The van der Waals surface area contributed by atoms with Crippen LogP contribution in [0.5, 0.6) is 0 Å². The Morgan fingerprint density at radius 3 is 2.74 bits per heavy atom. The predicted molar refractivity (Wildman–Crippen MR) is 76.3 cm³/mol. The summed E-state index contributed by atoms with van der Waals surface area (Å²) in [5, 5.41) is 11.3. The molecule has 1 heterocycles. The van der Waals surface area contributed by atoms with Crippen LogP contribution in [0.1, 0.15) is 6.42 Å². The monoisotopic (exact) mass is 317 g/mol. The van der Waals surface area contributed by atoms with E-state index in [0.717, 1.165) is 11.3 Å². The van der Waals surface area contributed by atoms with Crippen LogP contribution in [0.3, 0.4) is 0 Å². The maximum absolute atomic E-state index is 11.7. The van der Waals surface area contributed by atoms with E-state index in [9.17, 15) is 9.59 Å². The lowest BCUT2D eigenvalue weighted by atomic mass is 10.1. The molecule has 0 atom stereocenters. The molecule has 0 saturated heterocycles. The van der Waals surface area contributed by atoms with E-state index in [1.165, 1.54) is 4.57 Å². The molecule has 0 unspecified atom stereocenters. The van der Waals surface area contributed by atoms with Crippen molar-refractivity contribution in [1.82, 2.24) is 4.57 Å². The largest absolute Gasteiger partial charge is 0.481 e. The van der Waals surface area contributed by atoms with Gasteiger partial charge in [0.2, 0.25) is 0 Å². The van der Waals surface area contributed by atoms with Crippen molar-refractivity contribution in [3.63, 3.8) is 0 Å². The molecular formula is C12H9Cl2NO3S. The molecule has 19 heavy (non-hydrogen) atoms. The Hall–Kier alpha value is -1.30. The Kier molecular flexibility index (Phi) is 4.29. The van der Waals surface area contributed by atoms with Crippen LogP contribution in [0.4, 0.5) is 0 Å². The van der Waals surface area contributed by atoms with Crippen molar-refractivity contribution in [2.45, 2.75) is 13.0 Å². The Morgan fingerprint density at radius 2 is 2.11 bits per heavy atom. The molecule has 0 saturated carbocycles. The first-order valence-electron chi connectivity index (χ1n) is 5.34. The zero-order valence-corrected chi connectivity index (χ0v) is 11.9. The average molecular weight is 318 g/mol. The van der Waals surface area contributed by atoms with Crippen LogP contribution < -0.4 is 4.87 Å². The number of carbonyl (C=O) groups is 1. The number of aliphatic carboxylic acids is 1. The van der Waals surface area contributed by atoms with E-state index in [4.69, 9.17) is 28.3 Å². The first kappa shape index (κ1) is 14.1. The Morgan fingerprint density at radius 1 is 1.37 bits per heavy atom. The third-order valence-corrected chi connectivity index (χ3v) is 3.85. The second-order valence-electron chi connectivity index (χ2n) is 3.81. The molecule has 100 valence electrons. The molecule has 0 amide bonds. The van der Waals surface area contributed by atoms with Crippen molar-refractivity contribution in [3.05, 3.63) is 43.3 Å². The van der Waals surface area contributed by atoms with E-state index in [1.807, 2.05) is 0 Å². The smallest absolute Gasteiger partial charge is 0.307 e. The molecule has 1 aromatic carbocycles. The van der Waals surface area contributed by atoms with E-state index >= 15 is 0 Å². The van der Waals surface area contributed by atoms with Gasteiger partial charge in [-0.1, -0.05) is 34.5 Å². The highest BCUT2D eigenvalue weighted by molar-refractivity contribution is 7.07. The summed E-state index contributed by atoms with van der Waals surface area (Å²) in [6, 6.07) is 4.97. The van der Waals surface area contributed by atoms with Crippen molar-refractivity contribution >= 4 is 40.5 Å². The summed E-state index contributed by atoms with van der Waals surface area (Å²) in [6.45, 7) is 0.117. The lowest BCUT2D eigenvalue weighted by Crippen LogP contribution is -2.16. The van der Waals surface area contributed by atoms with Crippen LogP contribution in [-0.2, 0) is 11.3 Å². The number of hydrogen-bond donors (Lipinski definition) is 1. The number of carboxylic acid groups (broad SMARTS) is 1. The molecule has 1 N–H and O–H groups in total. The molecule has 0 fully saturated rings. The zero-order chi connectivity index (χ0) is 14.0. The normalized spacial score (nSPS) is 10.6. The molecule has 7 heteroatoms. The minimum absolute atomic E-state index is 0.116. The van der Waals surface area contributed by atoms with Gasteiger partial charge in [0.05, 0.1) is 17.1 Å². The number of thiazole rings is 1. The van der Waals surface area contributed by atoms with Gasteiger partial charge in [0.15, 0.2) is 0 Å². The van der Waals surface area contributed by atoms with Gasteiger partial charge in [0, 0.05) is 22.5 Å².